The highest BCUT2D eigenvalue weighted by Crippen LogP contribution is 2.39. The van der Waals surface area contributed by atoms with E-state index in [4.69, 9.17) is 0 Å². The van der Waals surface area contributed by atoms with Crippen LogP contribution < -0.4 is 5.32 Å². The molecule has 0 atom stereocenters. The van der Waals surface area contributed by atoms with Gasteiger partial charge in [0.1, 0.15) is 11.6 Å². The Labute approximate surface area is 180 Å². The van der Waals surface area contributed by atoms with Crippen LogP contribution in [0.25, 0.3) is 22.4 Å². The zero-order chi connectivity index (χ0) is 22.0. The standard InChI is InChI=1S/C26H23FN2O2/c1-16(2)24-23(26(31)28-20-12-14-21(30)15-13-20)22(17-6-4-3-5-7-17)25(29-24)18-8-10-19(27)11-9-18/h3-16,29-30H,1-2H3,(H,28,31). The summed E-state index contributed by atoms with van der Waals surface area (Å²) in [4.78, 5) is 16.9. The van der Waals surface area contributed by atoms with Gasteiger partial charge in [0.05, 0.1) is 11.3 Å². The van der Waals surface area contributed by atoms with E-state index in [0.717, 1.165) is 28.1 Å². The van der Waals surface area contributed by atoms with Crippen molar-refractivity contribution in [3.05, 3.63) is 95.9 Å². The summed E-state index contributed by atoms with van der Waals surface area (Å²) < 4.78 is 13.5. The van der Waals surface area contributed by atoms with Crippen molar-refractivity contribution in [3.8, 4) is 28.1 Å². The Morgan fingerprint density at radius 1 is 0.903 bits per heavy atom. The van der Waals surface area contributed by atoms with Crippen molar-refractivity contribution in [2.45, 2.75) is 19.8 Å². The zero-order valence-electron chi connectivity index (χ0n) is 17.3. The van der Waals surface area contributed by atoms with Gasteiger partial charge in [-0.25, -0.2) is 4.39 Å². The number of benzene rings is 3. The second-order valence-corrected chi connectivity index (χ2v) is 7.69. The minimum absolute atomic E-state index is 0.0530. The number of rotatable bonds is 5. The first-order valence-electron chi connectivity index (χ1n) is 10.1. The van der Waals surface area contributed by atoms with Crippen LogP contribution >= 0.6 is 0 Å². The normalized spacial score (nSPS) is 11.0. The summed E-state index contributed by atoms with van der Waals surface area (Å²) in [6, 6.07) is 22.3. The van der Waals surface area contributed by atoms with Gasteiger partial charge in [-0.15, -0.1) is 0 Å². The Morgan fingerprint density at radius 2 is 1.55 bits per heavy atom. The number of carbonyl (C=O) groups excluding carboxylic acids is 1. The average molecular weight is 414 g/mol. The number of hydrogen-bond donors (Lipinski definition) is 3. The van der Waals surface area contributed by atoms with E-state index in [1.165, 1.54) is 24.3 Å². The maximum absolute atomic E-state index is 13.5. The summed E-state index contributed by atoms with van der Waals surface area (Å²) in [5.74, 6) is -0.382. The van der Waals surface area contributed by atoms with Crippen LogP contribution in [0.4, 0.5) is 10.1 Å². The molecule has 4 rings (SSSR count). The second-order valence-electron chi connectivity index (χ2n) is 7.69. The van der Waals surface area contributed by atoms with Gasteiger partial charge in [-0.05, 0) is 65.6 Å². The van der Waals surface area contributed by atoms with Crippen LogP contribution in [-0.4, -0.2) is 16.0 Å². The lowest BCUT2D eigenvalue weighted by molar-refractivity contribution is 0.102. The van der Waals surface area contributed by atoms with Crippen LogP contribution in [0.3, 0.4) is 0 Å². The molecular formula is C26H23FN2O2. The number of aromatic amines is 1. The maximum atomic E-state index is 13.5. The number of halogens is 1. The van der Waals surface area contributed by atoms with Crippen molar-refractivity contribution in [2.75, 3.05) is 5.32 Å². The number of aromatic nitrogens is 1. The molecule has 4 aromatic rings. The first-order valence-corrected chi connectivity index (χ1v) is 10.1. The fourth-order valence-electron chi connectivity index (χ4n) is 3.65. The molecule has 156 valence electrons. The Bertz CT molecular complexity index is 1190. The van der Waals surface area contributed by atoms with E-state index >= 15 is 0 Å². The molecule has 3 aromatic carbocycles. The third-order valence-electron chi connectivity index (χ3n) is 5.15. The van der Waals surface area contributed by atoms with Crippen molar-refractivity contribution >= 4 is 11.6 Å². The maximum Gasteiger partial charge on any atom is 0.258 e. The molecule has 0 saturated heterocycles. The van der Waals surface area contributed by atoms with Crippen molar-refractivity contribution < 1.29 is 14.3 Å². The predicted octanol–water partition coefficient (Wildman–Crippen LogP) is 6.57. The van der Waals surface area contributed by atoms with Gasteiger partial charge in [-0.1, -0.05) is 44.2 Å². The molecule has 5 heteroatoms. The molecule has 1 amide bonds. The van der Waals surface area contributed by atoms with Gasteiger partial charge in [0, 0.05) is 16.9 Å². The monoisotopic (exact) mass is 414 g/mol. The van der Waals surface area contributed by atoms with Crippen molar-refractivity contribution in [1.29, 1.82) is 0 Å². The van der Waals surface area contributed by atoms with Crippen molar-refractivity contribution in [3.63, 3.8) is 0 Å². The average Bonchev–Trinajstić information content (AvgIpc) is 3.18. The minimum atomic E-state index is -0.314. The van der Waals surface area contributed by atoms with E-state index < -0.39 is 0 Å². The van der Waals surface area contributed by atoms with Gasteiger partial charge < -0.3 is 15.4 Å². The number of phenols is 1. The van der Waals surface area contributed by atoms with Crippen LogP contribution in [0.5, 0.6) is 5.75 Å². The molecule has 0 unspecified atom stereocenters. The number of amides is 1. The summed E-state index contributed by atoms with van der Waals surface area (Å²) in [5.41, 5.74) is 5.16. The van der Waals surface area contributed by atoms with Gasteiger partial charge >= 0.3 is 0 Å². The number of carbonyl (C=O) groups is 1. The van der Waals surface area contributed by atoms with Crippen LogP contribution in [-0.2, 0) is 0 Å². The molecule has 0 aliphatic rings. The first kappa shape index (κ1) is 20.4. The summed E-state index contributed by atoms with van der Waals surface area (Å²) >= 11 is 0. The molecule has 0 bridgehead atoms. The summed E-state index contributed by atoms with van der Waals surface area (Å²) in [7, 11) is 0. The smallest absolute Gasteiger partial charge is 0.258 e. The summed E-state index contributed by atoms with van der Waals surface area (Å²) in [6.45, 7) is 4.04. The van der Waals surface area contributed by atoms with E-state index in [9.17, 15) is 14.3 Å². The van der Waals surface area contributed by atoms with Gasteiger partial charge in [0.25, 0.3) is 5.91 Å². The Morgan fingerprint density at radius 3 is 2.16 bits per heavy atom. The highest BCUT2D eigenvalue weighted by molar-refractivity contribution is 6.12. The Hall–Kier alpha value is -3.86. The Balaban J connectivity index is 1.90. The molecule has 1 heterocycles. The van der Waals surface area contributed by atoms with Crippen LogP contribution in [0, 0.1) is 5.82 Å². The van der Waals surface area contributed by atoms with Gasteiger partial charge in [-0.2, -0.15) is 0 Å². The topological polar surface area (TPSA) is 65.1 Å². The van der Waals surface area contributed by atoms with Gasteiger partial charge in [0.15, 0.2) is 0 Å². The van der Waals surface area contributed by atoms with E-state index in [1.807, 2.05) is 44.2 Å². The molecule has 0 aliphatic carbocycles. The van der Waals surface area contributed by atoms with Crippen molar-refractivity contribution in [2.24, 2.45) is 0 Å². The number of aromatic hydroxyl groups is 1. The molecule has 0 fully saturated rings. The number of H-pyrrole nitrogens is 1. The number of phenolic OH excluding ortho intramolecular Hbond substituents is 1. The molecule has 0 saturated carbocycles. The van der Waals surface area contributed by atoms with Crippen LogP contribution in [0.2, 0.25) is 0 Å². The Kier molecular flexibility index (Phi) is 5.58. The molecule has 4 nitrogen and oxygen atoms in total. The van der Waals surface area contributed by atoms with Crippen LogP contribution in [0.1, 0.15) is 35.8 Å². The van der Waals surface area contributed by atoms with Gasteiger partial charge in [0.2, 0.25) is 0 Å². The lowest BCUT2D eigenvalue weighted by Crippen LogP contribution is -2.15. The molecule has 31 heavy (non-hydrogen) atoms. The molecule has 0 radical (unpaired) electrons. The lowest BCUT2D eigenvalue weighted by atomic mass is 9.94. The zero-order valence-corrected chi connectivity index (χ0v) is 17.3. The molecule has 3 N–H and O–H groups in total. The molecule has 1 aromatic heterocycles. The number of anilines is 1. The quantitative estimate of drug-likeness (QED) is 0.323. The fraction of sp³-hybridized carbons (Fsp3) is 0.115. The third kappa shape index (κ3) is 4.21. The lowest BCUT2D eigenvalue weighted by Gasteiger charge is -2.12. The molecular weight excluding hydrogens is 391 g/mol. The highest BCUT2D eigenvalue weighted by Gasteiger charge is 2.26. The summed E-state index contributed by atoms with van der Waals surface area (Å²) in [6.07, 6.45) is 0. The van der Waals surface area contributed by atoms with E-state index in [1.54, 1.807) is 24.3 Å². The molecule has 0 spiro atoms. The van der Waals surface area contributed by atoms with E-state index in [-0.39, 0.29) is 23.4 Å². The van der Waals surface area contributed by atoms with Crippen molar-refractivity contribution in [1.82, 2.24) is 4.98 Å². The fourth-order valence-corrected chi connectivity index (χ4v) is 3.65. The van der Waals surface area contributed by atoms with E-state index in [2.05, 4.69) is 10.3 Å². The number of nitrogens with one attached hydrogen (secondary N) is 2. The van der Waals surface area contributed by atoms with Gasteiger partial charge in [-0.3, -0.25) is 4.79 Å². The first-order chi connectivity index (χ1) is 14.9. The summed E-state index contributed by atoms with van der Waals surface area (Å²) in [5, 5.41) is 12.5. The van der Waals surface area contributed by atoms with E-state index in [0.29, 0.717) is 11.3 Å². The molecule has 0 aliphatic heterocycles. The minimum Gasteiger partial charge on any atom is -0.508 e. The van der Waals surface area contributed by atoms with Crippen LogP contribution in [0.15, 0.2) is 78.9 Å². The second kappa shape index (κ2) is 8.48. The highest BCUT2D eigenvalue weighted by atomic mass is 19.1. The predicted molar refractivity (Wildman–Crippen MR) is 122 cm³/mol. The SMILES string of the molecule is CC(C)c1[nH]c(-c2ccc(F)cc2)c(-c2ccccc2)c1C(=O)Nc1ccc(O)cc1. The third-order valence-corrected chi connectivity index (χ3v) is 5.15. The largest absolute Gasteiger partial charge is 0.508 e. The number of hydrogen-bond acceptors (Lipinski definition) is 2.